The average Bonchev–Trinajstić information content (AvgIpc) is 2.87. The van der Waals surface area contributed by atoms with Crippen molar-refractivity contribution >= 4 is 0 Å². The standard InChI is InChI=1S/C16H30N2/c1-4-17-15(14-10-6-5-7-11-14)16(18(2)3)12-8-9-13-16/h10,15,17H,4-9,11-13H2,1-3H3. The molecule has 1 N–H and O–H groups in total. The van der Waals surface area contributed by atoms with Crippen molar-refractivity contribution in [3.05, 3.63) is 11.6 Å². The second-order valence-corrected chi connectivity index (χ2v) is 6.22. The fraction of sp³-hybridized carbons (Fsp3) is 0.875. The molecule has 0 aromatic carbocycles. The molecule has 2 heteroatoms. The molecule has 18 heavy (non-hydrogen) atoms. The molecule has 0 aliphatic heterocycles. The second-order valence-electron chi connectivity index (χ2n) is 6.22. The van der Waals surface area contributed by atoms with Gasteiger partial charge in [-0.3, -0.25) is 0 Å². The molecule has 104 valence electrons. The molecular formula is C16H30N2. The summed E-state index contributed by atoms with van der Waals surface area (Å²) in [5, 5.41) is 3.81. The summed E-state index contributed by atoms with van der Waals surface area (Å²) in [6.07, 6.45) is 13.4. The number of nitrogens with zero attached hydrogens (tertiary/aromatic N) is 1. The van der Waals surface area contributed by atoms with Gasteiger partial charge in [0.15, 0.2) is 0 Å². The van der Waals surface area contributed by atoms with E-state index < -0.39 is 0 Å². The molecule has 2 rings (SSSR count). The van der Waals surface area contributed by atoms with Gasteiger partial charge in [0.25, 0.3) is 0 Å². The van der Waals surface area contributed by atoms with Gasteiger partial charge in [-0.05, 0) is 59.2 Å². The second kappa shape index (κ2) is 6.21. The highest BCUT2D eigenvalue weighted by Gasteiger charge is 2.44. The Hall–Kier alpha value is -0.340. The molecule has 0 saturated heterocycles. The van der Waals surface area contributed by atoms with Crippen LogP contribution in [-0.2, 0) is 0 Å². The Balaban J connectivity index is 2.24. The van der Waals surface area contributed by atoms with Crippen LogP contribution in [0.15, 0.2) is 11.6 Å². The van der Waals surface area contributed by atoms with Crippen molar-refractivity contribution in [2.45, 2.75) is 69.9 Å². The zero-order valence-electron chi connectivity index (χ0n) is 12.5. The van der Waals surface area contributed by atoms with E-state index in [2.05, 4.69) is 37.3 Å². The van der Waals surface area contributed by atoms with Crippen LogP contribution in [0.5, 0.6) is 0 Å². The monoisotopic (exact) mass is 250 g/mol. The van der Waals surface area contributed by atoms with Gasteiger partial charge in [-0.15, -0.1) is 0 Å². The van der Waals surface area contributed by atoms with Crippen LogP contribution in [0.2, 0.25) is 0 Å². The number of allylic oxidation sites excluding steroid dienone is 1. The highest BCUT2D eigenvalue weighted by molar-refractivity contribution is 5.22. The first-order valence-electron chi connectivity index (χ1n) is 7.80. The van der Waals surface area contributed by atoms with E-state index in [1.807, 2.05) is 0 Å². The van der Waals surface area contributed by atoms with Gasteiger partial charge in [-0.2, -0.15) is 0 Å². The van der Waals surface area contributed by atoms with Gasteiger partial charge in [0.05, 0.1) is 0 Å². The summed E-state index contributed by atoms with van der Waals surface area (Å²) < 4.78 is 0. The first-order valence-corrected chi connectivity index (χ1v) is 7.80. The average molecular weight is 250 g/mol. The molecule has 0 aromatic rings. The number of nitrogens with one attached hydrogen (secondary N) is 1. The fourth-order valence-electron chi connectivity index (χ4n) is 3.98. The molecule has 1 saturated carbocycles. The van der Waals surface area contributed by atoms with Crippen molar-refractivity contribution < 1.29 is 0 Å². The number of rotatable bonds is 5. The summed E-state index contributed by atoms with van der Waals surface area (Å²) in [5.74, 6) is 0. The van der Waals surface area contributed by atoms with E-state index in [-0.39, 0.29) is 0 Å². The van der Waals surface area contributed by atoms with Crippen molar-refractivity contribution in [1.29, 1.82) is 0 Å². The molecule has 1 atom stereocenters. The molecule has 0 heterocycles. The summed E-state index contributed by atoms with van der Waals surface area (Å²) in [6.45, 7) is 3.33. The van der Waals surface area contributed by atoms with E-state index in [9.17, 15) is 0 Å². The van der Waals surface area contributed by atoms with Crippen molar-refractivity contribution in [2.75, 3.05) is 20.6 Å². The maximum atomic E-state index is 3.81. The molecule has 0 radical (unpaired) electrons. The van der Waals surface area contributed by atoms with Crippen molar-refractivity contribution in [3.8, 4) is 0 Å². The van der Waals surface area contributed by atoms with E-state index in [1.165, 1.54) is 51.4 Å². The highest BCUT2D eigenvalue weighted by atomic mass is 15.2. The number of likely N-dealkylation sites (N-methyl/N-ethyl adjacent to an activating group) is 2. The third-order valence-electron chi connectivity index (χ3n) is 5.00. The molecule has 1 unspecified atom stereocenters. The molecule has 1 fully saturated rings. The van der Waals surface area contributed by atoms with Crippen LogP contribution in [0.25, 0.3) is 0 Å². The molecule has 0 aromatic heterocycles. The summed E-state index contributed by atoms with van der Waals surface area (Å²) >= 11 is 0. The third-order valence-corrected chi connectivity index (χ3v) is 5.00. The van der Waals surface area contributed by atoms with E-state index >= 15 is 0 Å². The minimum atomic E-state index is 0.374. The Morgan fingerprint density at radius 1 is 1.22 bits per heavy atom. The zero-order chi connectivity index (χ0) is 13.0. The van der Waals surface area contributed by atoms with E-state index in [0.29, 0.717) is 11.6 Å². The summed E-state index contributed by atoms with van der Waals surface area (Å²) in [6, 6.07) is 0.584. The quantitative estimate of drug-likeness (QED) is 0.753. The normalized spacial score (nSPS) is 25.2. The van der Waals surface area contributed by atoms with Crippen LogP contribution in [0.3, 0.4) is 0 Å². The fourth-order valence-corrected chi connectivity index (χ4v) is 3.98. The van der Waals surface area contributed by atoms with Gasteiger partial charge in [0, 0.05) is 11.6 Å². The molecule has 2 aliphatic carbocycles. The largest absolute Gasteiger partial charge is 0.309 e. The van der Waals surface area contributed by atoms with Crippen LogP contribution < -0.4 is 5.32 Å². The van der Waals surface area contributed by atoms with Gasteiger partial charge < -0.3 is 10.2 Å². The van der Waals surface area contributed by atoms with Gasteiger partial charge in [0.1, 0.15) is 0 Å². The third kappa shape index (κ3) is 2.65. The number of hydrogen-bond donors (Lipinski definition) is 1. The lowest BCUT2D eigenvalue weighted by Crippen LogP contribution is -2.58. The minimum Gasteiger partial charge on any atom is -0.309 e. The smallest absolute Gasteiger partial charge is 0.0466 e. The van der Waals surface area contributed by atoms with Crippen LogP contribution in [0.1, 0.15) is 58.3 Å². The van der Waals surface area contributed by atoms with E-state index in [1.54, 1.807) is 5.57 Å². The van der Waals surface area contributed by atoms with Gasteiger partial charge >= 0.3 is 0 Å². The molecule has 2 aliphatic rings. The van der Waals surface area contributed by atoms with Gasteiger partial charge in [0.2, 0.25) is 0 Å². The lowest BCUT2D eigenvalue weighted by atomic mass is 9.78. The SMILES string of the molecule is CCNC(C1=CCCCC1)C1(N(C)C)CCCC1. The van der Waals surface area contributed by atoms with Crippen molar-refractivity contribution in [1.82, 2.24) is 10.2 Å². The molecule has 0 amide bonds. The highest BCUT2D eigenvalue weighted by Crippen LogP contribution is 2.40. The molecule has 0 spiro atoms. The van der Waals surface area contributed by atoms with Gasteiger partial charge in [-0.25, -0.2) is 0 Å². The molecule has 0 bridgehead atoms. The van der Waals surface area contributed by atoms with Crippen LogP contribution in [0.4, 0.5) is 0 Å². The minimum absolute atomic E-state index is 0.374. The van der Waals surface area contributed by atoms with E-state index in [4.69, 9.17) is 0 Å². The Morgan fingerprint density at radius 2 is 1.94 bits per heavy atom. The lowest BCUT2D eigenvalue weighted by Gasteiger charge is -2.45. The Morgan fingerprint density at radius 3 is 2.44 bits per heavy atom. The topological polar surface area (TPSA) is 15.3 Å². The first kappa shape index (κ1) is 14.1. The molecule has 2 nitrogen and oxygen atoms in total. The zero-order valence-corrected chi connectivity index (χ0v) is 12.5. The number of hydrogen-bond acceptors (Lipinski definition) is 2. The predicted molar refractivity (Wildman–Crippen MR) is 78.9 cm³/mol. The van der Waals surface area contributed by atoms with E-state index in [0.717, 1.165) is 6.54 Å². The Bertz CT molecular complexity index is 287. The summed E-state index contributed by atoms with van der Waals surface area (Å²) in [5.41, 5.74) is 2.07. The maximum absolute atomic E-state index is 3.81. The van der Waals surface area contributed by atoms with Crippen LogP contribution in [0, 0.1) is 0 Å². The van der Waals surface area contributed by atoms with Gasteiger partial charge in [-0.1, -0.05) is 31.4 Å². The summed E-state index contributed by atoms with van der Waals surface area (Å²) in [7, 11) is 4.55. The van der Waals surface area contributed by atoms with Crippen molar-refractivity contribution in [2.24, 2.45) is 0 Å². The summed E-state index contributed by atoms with van der Waals surface area (Å²) in [4.78, 5) is 2.50. The lowest BCUT2D eigenvalue weighted by molar-refractivity contribution is 0.118. The van der Waals surface area contributed by atoms with Crippen molar-refractivity contribution in [3.63, 3.8) is 0 Å². The first-order chi connectivity index (χ1) is 8.70. The van der Waals surface area contributed by atoms with Crippen LogP contribution in [-0.4, -0.2) is 37.1 Å². The van der Waals surface area contributed by atoms with Crippen LogP contribution >= 0.6 is 0 Å². The Labute approximate surface area is 113 Å². The molecular weight excluding hydrogens is 220 g/mol. The predicted octanol–water partition coefficient (Wildman–Crippen LogP) is 3.34. The Kier molecular flexibility index (Phi) is 4.85. The maximum Gasteiger partial charge on any atom is 0.0466 e.